The molecule has 0 unspecified atom stereocenters. The van der Waals surface area contributed by atoms with E-state index in [9.17, 15) is 0 Å². The molecular formula is C21H17N5O. The van der Waals surface area contributed by atoms with Gasteiger partial charge in [-0.2, -0.15) is 0 Å². The van der Waals surface area contributed by atoms with E-state index >= 15 is 0 Å². The highest BCUT2D eigenvalue weighted by molar-refractivity contribution is 5.69. The van der Waals surface area contributed by atoms with Gasteiger partial charge in [0.2, 0.25) is 0 Å². The number of ether oxygens (including phenoxy) is 1. The first-order valence-electron chi connectivity index (χ1n) is 8.43. The molecule has 0 bridgehead atoms. The molecule has 132 valence electrons. The second kappa shape index (κ2) is 7.61. The maximum Gasteiger partial charge on any atom is 0.163 e. The van der Waals surface area contributed by atoms with Crippen LogP contribution in [0.3, 0.4) is 0 Å². The number of anilines is 2. The minimum Gasteiger partial charge on any atom is -0.497 e. The number of aromatic nitrogens is 4. The van der Waals surface area contributed by atoms with Gasteiger partial charge in [-0.25, -0.2) is 9.97 Å². The van der Waals surface area contributed by atoms with Crippen LogP contribution < -0.4 is 10.1 Å². The lowest BCUT2D eigenvalue weighted by Gasteiger charge is -2.11. The van der Waals surface area contributed by atoms with Crippen molar-refractivity contribution < 1.29 is 4.74 Å². The van der Waals surface area contributed by atoms with Gasteiger partial charge >= 0.3 is 0 Å². The Kier molecular flexibility index (Phi) is 4.70. The van der Waals surface area contributed by atoms with Gasteiger partial charge in [0.15, 0.2) is 5.82 Å². The van der Waals surface area contributed by atoms with Crippen molar-refractivity contribution in [3.63, 3.8) is 0 Å². The molecule has 0 radical (unpaired) electrons. The third-order valence-corrected chi connectivity index (χ3v) is 3.98. The highest BCUT2D eigenvalue weighted by Gasteiger charge is 2.09. The summed E-state index contributed by atoms with van der Waals surface area (Å²) in [5.74, 6) is 2.10. The van der Waals surface area contributed by atoms with Crippen molar-refractivity contribution in [2.24, 2.45) is 0 Å². The SMILES string of the molecule is COc1ccc(Nc2cc(-c3ccncc3)nc(-c3cccnc3)n2)cc1. The van der Waals surface area contributed by atoms with Gasteiger partial charge in [-0.1, -0.05) is 0 Å². The van der Waals surface area contributed by atoms with Gasteiger partial charge < -0.3 is 10.1 Å². The molecule has 3 heterocycles. The van der Waals surface area contributed by atoms with Gasteiger partial charge in [0, 0.05) is 47.7 Å². The van der Waals surface area contributed by atoms with Crippen LogP contribution in [-0.4, -0.2) is 27.0 Å². The maximum atomic E-state index is 5.21. The molecule has 0 aliphatic rings. The summed E-state index contributed by atoms with van der Waals surface area (Å²) in [5, 5.41) is 3.33. The number of nitrogens with zero attached hydrogens (tertiary/aromatic N) is 4. The second-order valence-electron chi connectivity index (χ2n) is 5.79. The second-order valence-corrected chi connectivity index (χ2v) is 5.79. The van der Waals surface area contributed by atoms with Crippen LogP contribution >= 0.6 is 0 Å². The zero-order chi connectivity index (χ0) is 18.5. The molecule has 6 heteroatoms. The Balaban J connectivity index is 1.75. The number of hydrogen-bond donors (Lipinski definition) is 1. The molecule has 0 aliphatic heterocycles. The lowest BCUT2D eigenvalue weighted by molar-refractivity contribution is 0.415. The zero-order valence-corrected chi connectivity index (χ0v) is 14.7. The van der Waals surface area contributed by atoms with Gasteiger partial charge in [-0.3, -0.25) is 9.97 Å². The monoisotopic (exact) mass is 355 g/mol. The molecule has 1 aromatic carbocycles. The number of hydrogen-bond acceptors (Lipinski definition) is 6. The molecule has 3 aromatic heterocycles. The molecule has 6 nitrogen and oxygen atoms in total. The molecule has 0 fully saturated rings. The fourth-order valence-corrected chi connectivity index (χ4v) is 2.63. The first-order valence-corrected chi connectivity index (χ1v) is 8.43. The van der Waals surface area contributed by atoms with Crippen LogP contribution in [0.15, 0.2) is 79.4 Å². The summed E-state index contributed by atoms with van der Waals surface area (Å²) >= 11 is 0. The number of nitrogens with one attached hydrogen (secondary N) is 1. The van der Waals surface area contributed by atoms with Gasteiger partial charge in [0.05, 0.1) is 12.8 Å². The number of methoxy groups -OCH3 is 1. The Morgan fingerprint density at radius 1 is 0.815 bits per heavy atom. The lowest BCUT2D eigenvalue weighted by atomic mass is 10.1. The molecule has 0 atom stereocenters. The quantitative estimate of drug-likeness (QED) is 0.574. The molecule has 0 aliphatic carbocycles. The van der Waals surface area contributed by atoms with E-state index in [1.54, 1.807) is 31.9 Å². The van der Waals surface area contributed by atoms with Gasteiger partial charge in [-0.05, 0) is 48.5 Å². The third kappa shape index (κ3) is 3.90. The van der Waals surface area contributed by atoms with Crippen LogP contribution in [0.1, 0.15) is 0 Å². The van der Waals surface area contributed by atoms with E-state index in [2.05, 4.69) is 20.3 Å². The Labute approximate surface area is 157 Å². The van der Waals surface area contributed by atoms with Crippen molar-refractivity contribution in [2.45, 2.75) is 0 Å². The largest absolute Gasteiger partial charge is 0.497 e. The lowest BCUT2D eigenvalue weighted by Crippen LogP contribution is -1.99. The Morgan fingerprint density at radius 2 is 1.63 bits per heavy atom. The van der Waals surface area contributed by atoms with Crippen molar-refractivity contribution in [3.8, 4) is 28.4 Å². The van der Waals surface area contributed by atoms with E-state index in [0.29, 0.717) is 11.6 Å². The van der Waals surface area contributed by atoms with E-state index in [-0.39, 0.29) is 0 Å². The summed E-state index contributed by atoms with van der Waals surface area (Å²) in [6.07, 6.45) is 6.98. The first-order chi connectivity index (χ1) is 13.3. The van der Waals surface area contributed by atoms with Crippen LogP contribution in [0, 0.1) is 0 Å². The average molecular weight is 355 g/mol. The van der Waals surface area contributed by atoms with Crippen molar-refractivity contribution in [2.75, 3.05) is 12.4 Å². The predicted octanol–water partition coefficient (Wildman–Crippen LogP) is 4.35. The average Bonchev–Trinajstić information content (AvgIpc) is 2.75. The number of rotatable bonds is 5. The van der Waals surface area contributed by atoms with Crippen LogP contribution in [0.5, 0.6) is 5.75 Å². The normalized spacial score (nSPS) is 10.4. The molecule has 0 amide bonds. The number of pyridine rings is 2. The summed E-state index contributed by atoms with van der Waals surface area (Å²) in [6.45, 7) is 0. The van der Waals surface area contributed by atoms with Crippen molar-refractivity contribution >= 4 is 11.5 Å². The van der Waals surface area contributed by atoms with Crippen molar-refractivity contribution in [1.82, 2.24) is 19.9 Å². The molecular weight excluding hydrogens is 338 g/mol. The molecule has 27 heavy (non-hydrogen) atoms. The smallest absolute Gasteiger partial charge is 0.163 e. The Bertz CT molecular complexity index is 964. The highest BCUT2D eigenvalue weighted by Crippen LogP contribution is 2.26. The van der Waals surface area contributed by atoms with Gasteiger partial charge in [-0.15, -0.1) is 0 Å². The van der Waals surface area contributed by atoms with Crippen LogP contribution in [0.4, 0.5) is 11.5 Å². The van der Waals surface area contributed by atoms with Crippen LogP contribution in [0.2, 0.25) is 0 Å². The minimum atomic E-state index is 0.605. The van der Waals surface area contributed by atoms with Crippen molar-refractivity contribution in [3.05, 3.63) is 79.4 Å². The summed E-state index contributed by atoms with van der Waals surface area (Å²) in [7, 11) is 1.65. The fraction of sp³-hybridized carbons (Fsp3) is 0.0476. The Morgan fingerprint density at radius 3 is 2.33 bits per heavy atom. The summed E-state index contributed by atoms with van der Waals surface area (Å²) in [5.41, 5.74) is 3.54. The number of benzene rings is 1. The molecule has 4 rings (SSSR count). The zero-order valence-electron chi connectivity index (χ0n) is 14.7. The Hall–Kier alpha value is -3.80. The highest BCUT2D eigenvalue weighted by atomic mass is 16.5. The molecule has 1 N–H and O–H groups in total. The standard InChI is InChI=1S/C21H17N5O/c1-27-18-6-4-17(5-7-18)24-20-13-19(15-8-11-22-12-9-15)25-21(26-20)16-3-2-10-23-14-16/h2-14H,1H3,(H,24,25,26). The van der Waals surface area contributed by atoms with E-state index in [0.717, 1.165) is 28.3 Å². The van der Waals surface area contributed by atoms with E-state index in [1.165, 1.54) is 0 Å². The topological polar surface area (TPSA) is 72.8 Å². The summed E-state index contributed by atoms with van der Waals surface area (Å²) < 4.78 is 5.21. The van der Waals surface area contributed by atoms with Crippen molar-refractivity contribution in [1.29, 1.82) is 0 Å². The summed E-state index contributed by atoms with van der Waals surface area (Å²) in [4.78, 5) is 17.6. The maximum absolute atomic E-state index is 5.21. The van der Waals surface area contributed by atoms with E-state index in [1.807, 2.05) is 54.6 Å². The molecule has 0 saturated carbocycles. The molecule has 4 aromatic rings. The first kappa shape index (κ1) is 16.7. The van der Waals surface area contributed by atoms with Gasteiger partial charge in [0.1, 0.15) is 11.6 Å². The van der Waals surface area contributed by atoms with Crippen LogP contribution in [-0.2, 0) is 0 Å². The minimum absolute atomic E-state index is 0.605. The van der Waals surface area contributed by atoms with Crippen LogP contribution in [0.25, 0.3) is 22.6 Å². The third-order valence-electron chi connectivity index (χ3n) is 3.98. The fourth-order valence-electron chi connectivity index (χ4n) is 2.63. The summed E-state index contributed by atoms with van der Waals surface area (Å²) in [6, 6.07) is 17.3. The van der Waals surface area contributed by atoms with E-state index in [4.69, 9.17) is 9.72 Å². The predicted molar refractivity (Wildman–Crippen MR) is 105 cm³/mol. The molecule has 0 saturated heterocycles. The van der Waals surface area contributed by atoms with Gasteiger partial charge in [0.25, 0.3) is 0 Å². The van der Waals surface area contributed by atoms with E-state index < -0.39 is 0 Å². The molecule has 0 spiro atoms.